The molecule has 0 saturated carbocycles. The van der Waals surface area contributed by atoms with Crippen LogP contribution in [0.4, 0.5) is 5.69 Å². The highest BCUT2D eigenvalue weighted by Gasteiger charge is 2.26. The molecule has 0 aliphatic carbocycles. The molecule has 0 spiro atoms. The molecule has 126 valence electrons. The van der Waals surface area contributed by atoms with E-state index in [2.05, 4.69) is 4.99 Å². The SMILES string of the molecule is O=C1OC(c2ccc([N+](=O)[O-])cc2Cl)=N/C1=C\c1ccc(Cl)cc1Cl. The molecule has 0 amide bonds. The summed E-state index contributed by atoms with van der Waals surface area (Å²) in [5.41, 5.74) is 0.653. The highest BCUT2D eigenvalue weighted by molar-refractivity contribution is 6.36. The zero-order valence-corrected chi connectivity index (χ0v) is 14.5. The Morgan fingerprint density at radius 2 is 1.84 bits per heavy atom. The van der Waals surface area contributed by atoms with Gasteiger partial charge in [0.05, 0.1) is 15.5 Å². The minimum absolute atomic E-state index is 0.0219. The van der Waals surface area contributed by atoms with Crippen LogP contribution in [0, 0.1) is 10.1 Å². The number of benzene rings is 2. The number of nitro benzene ring substituents is 1. The largest absolute Gasteiger partial charge is 0.402 e. The molecular weight excluding hydrogens is 391 g/mol. The van der Waals surface area contributed by atoms with Crippen LogP contribution in [-0.4, -0.2) is 16.8 Å². The first kappa shape index (κ1) is 17.4. The number of carbonyl (C=O) groups is 1. The maximum atomic E-state index is 12.0. The highest BCUT2D eigenvalue weighted by atomic mass is 35.5. The van der Waals surface area contributed by atoms with Crippen molar-refractivity contribution in [3.8, 4) is 0 Å². The number of rotatable bonds is 3. The smallest absolute Gasteiger partial charge is 0.363 e. The van der Waals surface area contributed by atoms with E-state index in [1.807, 2.05) is 0 Å². The fourth-order valence-electron chi connectivity index (χ4n) is 2.08. The van der Waals surface area contributed by atoms with Gasteiger partial charge in [0.15, 0.2) is 5.70 Å². The van der Waals surface area contributed by atoms with Crippen molar-refractivity contribution in [3.05, 3.63) is 78.4 Å². The molecule has 25 heavy (non-hydrogen) atoms. The minimum Gasteiger partial charge on any atom is -0.402 e. The molecule has 0 bridgehead atoms. The van der Waals surface area contributed by atoms with Crippen LogP contribution in [0.3, 0.4) is 0 Å². The lowest BCUT2D eigenvalue weighted by Gasteiger charge is -2.02. The normalized spacial score (nSPS) is 15.2. The Morgan fingerprint density at radius 3 is 2.48 bits per heavy atom. The van der Waals surface area contributed by atoms with Gasteiger partial charge in [-0.3, -0.25) is 10.1 Å². The Hall–Kier alpha value is -2.41. The summed E-state index contributed by atoms with van der Waals surface area (Å²) >= 11 is 17.9. The Labute approximate surface area is 156 Å². The first-order valence-corrected chi connectivity index (χ1v) is 7.90. The number of hydrogen-bond acceptors (Lipinski definition) is 5. The average Bonchev–Trinajstić information content (AvgIpc) is 2.90. The van der Waals surface area contributed by atoms with E-state index in [1.54, 1.807) is 12.1 Å². The zero-order chi connectivity index (χ0) is 18.1. The Kier molecular flexibility index (Phi) is 4.76. The van der Waals surface area contributed by atoms with Gasteiger partial charge in [-0.2, -0.15) is 0 Å². The van der Waals surface area contributed by atoms with E-state index in [0.29, 0.717) is 15.6 Å². The molecule has 2 aromatic rings. The zero-order valence-electron chi connectivity index (χ0n) is 12.2. The molecule has 1 aliphatic rings. The molecule has 0 unspecified atom stereocenters. The third-order valence-electron chi connectivity index (χ3n) is 3.27. The van der Waals surface area contributed by atoms with Crippen LogP contribution >= 0.6 is 34.8 Å². The van der Waals surface area contributed by atoms with Crippen LogP contribution in [0.5, 0.6) is 0 Å². The lowest BCUT2D eigenvalue weighted by atomic mass is 10.2. The number of nitrogens with zero attached hydrogens (tertiary/aromatic N) is 2. The summed E-state index contributed by atoms with van der Waals surface area (Å²) in [6, 6.07) is 8.56. The molecule has 0 aromatic heterocycles. The summed E-state index contributed by atoms with van der Waals surface area (Å²) < 4.78 is 5.10. The summed E-state index contributed by atoms with van der Waals surface area (Å²) in [4.78, 5) is 26.3. The second-order valence-electron chi connectivity index (χ2n) is 4.92. The van der Waals surface area contributed by atoms with Gasteiger partial charge in [0.25, 0.3) is 5.69 Å². The van der Waals surface area contributed by atoms with Gasteiger partial charge in [0, 0.05) is 22.2 Å². The van der Waals surface area contributed by atoms with Gasteiger partial charge in [-0.25, -0.2) is 9.79 Å². The van der Waals surface area contributed by atoms with Gasteiger partial charge in [-0.15, -0.1) is 0 Å². The number of ether oxygens (including phenoxy) is 1. The Balaban J connectivity index is 1.98. The molecule has 6 nitrogen and oxygen atoms in total. The number of carbonyl (C=O) groups excluding carboxylic acids is 1. The van der Waals surface area contributed by atoms with Crippen molar-refractivity contribution in [2.45, 2.75) is 0 Å². The minimum atomic E-state index is -0.685. The molecule has 1 aliphatic heterocycles. The first-order chi connectivity index (χ1) is 11.8. The molecule has 0 fully saturated rings. The Bertz CT molecular complexity index is 970. The predicted molar refractivity (Wildman–Crippen MR) is 95.2 cm³/mol. The number of esters is 1. The standard InChI is InChI=1S/C16H7Cl3N2O4/c17-9-2-1-8(12(18)6-9)5-14-16(22)25-15(20-14)11-4-3-10(21(23)24)7-13(11)19/h1-7H/b14-5-. The van der Waals surface area contributed by atoms with E-state index >= 15 is 0 Å². The second kappa shape index (κ2) is 6.84. The van der Waals surface area contributed by atoms with E-state index in [9.17, 15) is 14.9 Å². The summed E-state index contributed by atoms with van der Waals surface area (Å²) in [5, 5.41) is 11.6. The van der Waals surface area contributed by atoms with Gasteiger partial charge >= 0.3 is 5.97 Å². The van der Waals surface area contributed by atoms with Gasteiger partial charge < -0.3 is 4.74 Å². The molecule has 0 atom stereocenters. The number of halogens is 3. The number of aliphatic imine (C=N–C) groups is 1. The van der Waals surface area contributed by atoms with Gasteiger partial charge in [0.2, 0.25) is 5.90 Å². The van der Waals surface area contributed by atoms with Crippen LogP contribution in [0.2, 0.25) is 15.1 Å². The fraction of sp³-hybridized carbons (Fsp3) is 0. The lowest BCUT2D eigenvalue weighted by molar-refractivity contribution is -0.384. The summed E-state index contributed by atoms with van der Waals surface area (Å²) in [6.07, 6.45) is 1.45. The van der Waals surface area contributed by atoms with E-state index in [-0.39, 0.29) is 27.9 Å². The lowest BCUT2D eigenvalue weighted by Crippen LogP contribution is -2.06. The van der Waals surface area contributed by atoms with Crippen LogP contribution in [0.25, 0.3) is 6.08 Å². The van der Waals surface area contributed by atoms with Crippen molar-refractivity contribution in [2.24, 2.45) is 4.99 Å². The van der Waals surface area contributed by atoms with Gasteiger partial charge in [0.1, 0.15) is 0 Å². The van der Waals surface area contributed by atoms with E-state index in [1.165, 1.54) is 24.3 Å². The molecule has 2 aromatic carbocycles. The average molecular weight is 398 g/mol. The van der Waals surface area contributed by atoms with Crippen molar-refractivity contribution >= 4 is 58.4 Å². The predicted octanol–water partition coefficient (Wildman–Crippen LogP) is 4.90. The van der Waals surface area contributed by atoms with Crippen molar-refractivity contribution < 1.29 is 14.5 Å². The quantitative estimate of drug-likeness (QED) is 0.319. The van der Waals surface area contributed by atoms with Crippen molar-refractivity contribution in [2.75, 3.05) is 0 Å². The molecular formula is C16H7Cl3N2O4. The summed E-state index contributed by atoms with van der Waals surface area (Å²) in [7, 11) is 0. The topological polar surface area (TPSA) is 81.8 Å². The van der Waals surface area contributed by atoms with E-state index in [4.69, 9.17) is 39.5 Å². The second-order valence-corrected chi connectivity index (χ2v) is 6.17. The van der Waals surface area contributed by atoms with Crippen LogP contribution in [-0.2, 0) is 9.53 Å². The number of hydrogen-bond donors (Lipinski definition) is 0. The van der Waals surface area contributed by atoms with E-state index < -0.39 is 10.9 Å². The fourth-order valence-corrected chi connectivity index (χ4v) is 2.80. The molecule has 0 saturated heterocycles. The maximum Gasteiger partial charge on any atom is 0.363 e. The van der Waals surface area contributed by atoms with Gasteiger partial charge in [-0.05, 0) is 29.8 Å². The number of nitro groups is 1. The number of cyclic esters (lactones) is 1. The molecule has 3 rings (SSSR count). The maximum absolute atomic E-state index is 12.0. The Morgan fingerprint density at radius 1 is 1.08 bits per heavy atom. The summed E-state index contributed by atoms with van der Waals surface area (Å²) in [6.45, 7) is 0. The van der Waals surface area contributed by atoms with E-state index in [0.717, 1.165) is 6.07 Å². The molecule has 9 heteroatoms. The van der Waals surface area contributed by atoms with Crippen molar-refractivity contribution in [1.29, 1.82) is 0 Å². The van der Waals surface area contributed by atoms with Crippen LogP contribution in [0.15, 0.2) is 47.1 Å². The van der Waals surface area contributed by atoms with Crippen LogP contribution < -0.4 is 0 Å². The van der Waals surface area contributed by atoms with Gasteiger partial charge in [-0.1, -0.05) is 40.9 Å². The molecule has 0 N–H and O–H groups in total. The monoisotopic (exact) mass is 396 g/mol. The molecule has 0 radical (unpaired) electrons. The van der Waals surface area contributed by atoms with Crippen LogP contribution in [0.1, 0.15) is 11.1 Å². The number of non-ortho nitro benzene ring substituents is 1. The van der Waals surface area contributed by atoms with Crippen molar-refractivity contribution in [1.82, 2.24) is 0 Å². The summed E-state index contributed by atoms with van der Waals surface area (Å²) in [5.74, 6) is -0.725. The van der Waals surface area contributed by atoms with Crippen molar-refractivity contribution in [3.63, 3.8) is 0 Å². The first-order valence-electron chi connectivity index (χ1n) is 6.77. The molecule has 1 heterocycles. The highest BCUT2D eigenvalue weighted by Crippen LogP contribution is 2.28. The third-order valence-corrected chi connectivity index (χ3v) is 4.14. The third kappa shape index (κ3) is 3.66.